The van der Waals surface area contributed by atoms with Crippen molar-refractivity contribution in [3.05, 3.63) is 30.3 Å². The summed E-state index contributed by atoms with van der Waals surface area (Å²) in [5.74, 6) is -0.751. The molecular weight excluding hydrogens is 450 g/mol. The van der Waals surface area contributed by atoms with Crippen LogP contribution in [-0.2, 0) is 14.3 Å². The lowest BCUT2D eigenvalue weighted by atomic mass is 9.96. The molecule has 0 saturated carbocycles. The van der Waals surface area contributed by atoms with E-state index in [1.54, 1.807) is 29.2 Å². The normalized spacial score (nSPS) is 21.1. The second kappa shape index (κ2) is 12.0. The summed E-state index contributed by atoms with van der Waals surface area (Å²) < 4.78 is 5.45. The van der Waals surface area contributed by atoms with Gasteiger partial charge < -0.3 is 20.3 Å². The van der Waals surface area contributed by atoms with Gasteiger partial charge in [0.1, 0.15) is 5.60 Å². The van der Waals surface area contributed by atoms with Gasteiger partial charge in [-0.25, -0.2) is 9.59 Å². The molecule has 0 bridgehead atoms. The molecule has 0 unspecified atom stereocenters. The maximum absolute atomic E-state index is 12.9. The lowest BCUT2D eigenvalue weighted by Gasteiger charge is -2.36. The topological polar surface area (TPSA) is 120 Å². The van der Waals surface area contributed by atoms with E-state index >= 15 is 0 Å². The van der Waals surface area contributed by atoms with Crippen LogP contribution in [0.1, 0.15) is 46.5 Å². The van der Waals surface area contributed by atoms with Crippen molar-refractivity contribution in [1.82, 2.24) is 20.4 Å². The number of nitrogens with one attached hydrogen (secondary N) is 3. The largest absolute Gasteiger partial charge is 0.444 e. The molecule has 0 radical (unpaired) electrons. The van der Waals surface area contributed by atoms with Gasteiger partial charge in [-0.2, -0.15) is 0 Å². The molecular formula is C25H37N5O5. The summed E-state index contributed by atoms with van der Waals surface area (Å²) in [5.41, 5.74) is 0.0262. The van der Waals surface area contributed by atoms with Crippen LogP contribution >= 0.6 is 0 Å². The van der Waals surface area contributed by atoms with Crippen LogP contribution in [0.3, 0.4) is 0 Å². The van der Waals surface area contributed by atoms with Gasteiger partial charge in [0.25, 0.3) is 0 Å². The minimum absolute atomic E-state index is 0.0724. The first-order valence-corrected chi connectivity index (χ1v) is 12.3. The van der Waals surface area contributed by atoms with Crippen LogP contribution in [0, 0.1) is 5.92 Å². The first-order chi connectivity index (χ1) is 16.6. The minimum Gasteiger partial charge on any atom is -0.444 e. The Labute approximate surface area is 206 Å². The second-order valence-corrected chi connectivity index (χ2v) is 10.2. The number of hydrogen-bond acceptors (Lipinski definition) is 6. The number of carbonyl (C=O) groups excluding carboxylic acids is 4. The van der Waals surface area contributed by atoms with Crippen molar-refractivity contribution in [3.63, 3.8) is 0 Å². The van der Waals surface area contributed by atoms with Crippen molar-refractivity contribution >= 4 is 29.6 Å². The number of piperidine rings is 2. The number of imide groups is 1. The summed E-state index contributed by atoms with van der Waals surface area (Å²) in [6.45, 7) is 7.72. The number of likely N-dealkylation sites (tertiary alicyclic amines) is 2. The van der Waals surface area contributed by atoms with E-state index in [1.807, 2.05) is 31.7 Å². The molecule has 2 fully saturated rings. The maximum Gasteiger partial charge on any atom is 0.410 e. The summed E-state index contributed by atoms with van der Waals surface area (Å²) in [6.07, 6.45) is 2.74. The molecule has 35 heavy (non-hydrogen) atoms. The lowest BCUT2D eigenvalue weighted by Crippen LogP contribution is -2.53. The van der Waals surface area contributed by atoms with E-state index in [-0.39, 0.29) is 30.5 Å². The Morgan fingerprint density at radius 1 is 1.00 bits per heavy atom. The first kappa shape index (κ1) is 26.5. The zero-order chi connectivity index (χ0) is 25.4. The van der Waals surface area contributed by atoms with Crippen LogP contribution in [0.2, 0.25) is 0 Å². The van der Waals surface area contributed by atoms with E-state index in [0.717, 1.165) is 32.2 Å². The molecule has 192 valence electrons. The SMILES string of the molecule is CC(C)(C)OC(=O)N1CCC[C@@H](C(=O)N[C@@H]2CCCN(CC(=O)NC(=O)Nc3ccccc3)C2)C1. The number of carbonyl (C=O) groups is 4. The molecule has 1 aromatic rings. The second-order valence-electron chi connectivity index (χ2n) is 10.2. The number of nitrogens with zero attached hydrogens (tertiary/aromatic N) is 2. The van der Waals surface area contributed by atoms with Gasteiger partial charge in [-0.15, -0.1) is 0 Å². The van der Waals surface area contributed by atoms with Crippen molar-refractivity contribution in [2.75, 3.05) is 38.0 Å². The summed E-state index contributed by atoms with van der Waals surface area (Å²) in [4.78, 5) is 53.3. The van der Waals surface area contributed by atoms with Gasteiger partial charge >= 0.3 is 12.1 Å². The average Bonchev–Trinajstić information content (AvgIpc) is 2.78. The predicted octanol–water partition coefficient (Wildman–Crippen LogP) is 2.56. The number of anilines is 1. The van der Waals surface area contributed by atoms with E-state index < -0.39 is 17.5 Å². The van der Waals surface area contributed by atoms with Gasteiger partial charge in [0.15, 0.2) is 0 Å². The first-order valence-electron chi connectivity index (χ1n) is 12.3. The van der Waals surface area contributed by atoms with Crippen molar-refractivity contribution in [2.24, 2.45) is 5.92 Å². The number of ether oxygens (including phenoxy) is 1. The van der Waals surface area contributed by atoms with Gasteiger partial charge in [-0.05, 0) is 65.1 Å². The van der Waals surface area contributed by atoms with Crippen molar-refractivity contribution in [1.29, 1.82) is 0 Å². The van der Waals surface area contributed by atoms with Crippen LogP contribution in [0.4, 0.5) is 15.3 Å². The Hall–Kier alpha value is -3.14. The fraction of sp³-hybridized carbons (Fsp3) is 0.600. The zero-order valence-electron chi connectivity index (χ0n) is 20.8. The Morgan fingerprint density at radius 2 is 1.71 bits per heavy atom. The number of amides is 5. The van der Waals surface area contributed by atoms with E-state index in [9.17, 15) is 19.2 Å². The fourth-order valence-corrected chi connectivity index (χ4v) is 4.37. The summed E-state index contributed by atoms with van der Waals surface area (Å²) in [7, 11) is 0. The van der Waals surface area contributed by atoms with Gasteiger partial charge in [-0.1, -0.05) is 18.2 Å². The quantitative estimate of drug-likeness (QED) is 0.587. The highest BCUT2D eigenvalue weighted by atomic mass is 16.6. The molecule has 5 amide bonds. The standard InChI is InChI=1S/C25H37N5O5/c1-25(2,3)35-24(34)30-14-7-9-18(15-30)22(32)26-20-12-8-13-29(16-20)17-21(31)28-23(33)27-19-10-5-4-6-11-19/h4-6,10-11,18,20H,7-9,12-17H2,1-3H3,(H,26,32)(H2,27,28,31,33)/t18-,20-/m1/s1. The van der Waals surface area contributed by atoms with E-state index in [1.165, 1.54) is 0 Å². The third-order valence-electron chi connectivity index (χ3n) is 5.95. The van der Waals surface area contributed by atoms with Crippen LogP contribution in [-0.4, -0.2) is 78.1 Å². The molecule has 10 nitrogen and oxygen atoms in total. The third-order valence-corrected chi connectivity index (χ3v) is 5.95. The van der Waals surface area contributed by atoms with Crippen LogP contribution < -0.4 is 16.0 Å². The van der Waals surface area contributed by atoms with E-state index in [2.05, 4.69) is 16.0 Å². The molecule has 0 aromatic heterocycles. The molecule has 3 rings (SSSR count). The molecule has 10 heteroatoms. The van der Waals surface area contributed by atoms with Crippen molar-refractivity contribution < 1.29 is 23.9 Å². The Bertz CT molecular complexity index is 901. The van der Waals surface area contributed by atoms with Crippen LogP contribution in [0.15, 0.2) is 30.3 Å². The molecule has 2 heterocycles. The molecule has 2 atom stereocenters. The van der Waals surface area contributed by atoms with E-state index in [4.69, 9.17) is 4.74 Å². The van der Waals surface area contributed by atoms with Gasteiger partial charge in [0, 0.05) is 31.4 Å². The number of rotatable bonds is 5. The summed E-state index contributed by atoms with van der Waals surface area (Å²) in [6, 6.07) is 8.24. The van der Waals surface area contributed by atoms with Gasteiger partial charge in [0.2, 0.25) is 11.8 Å². The molecule has 0 spiro atoms. The number of urea groups is 1. The Kier molecular flexibility index (Phi) is 9.08. The highest BCUT2D eigenvalue weighted by Crippen LogP contribution is 2.20. The van der Waals surface area contributed by atoms with Crippen molar-refractivity contribution in [2.45, 2.75) is 58.1 Å². The van der Waals surface area contributed by atoms with E-state index in [0.29, 0.717) is 25.3 Å². The Balaban J connectivity index is 1.43. The fourth-order valence-electron chi connectivity index (χ4n) is 4.37. The third kappa shape index (κ3) is 8.86. The molecule has 2 aliphatic heterocycles. The minimum atomic E-state index is -0.577. The van der Waals surface area contributed by atoms with Crippen molar-refractivity contribution in [3.8, 4) is 0 Å². The number of para-hydroxylation sites is 1. The van der Waals surface area contributed by atoms with Crippen LogP contribution in [0.25, 0.3) is 0 Å². The highest BCUT2D eigenvalue weighted by molar-refractivity contribution is 6.01. The highest BCUT2D eigenvalue weighted by Gasteiger charge is 2.32. The number of benzene rings is 1. The number of hydrogen-bond donors (Lipinski definition) is 3. The van der Waals surface area contributed by atoms with Crippen LogP contribution in [0.5, 0.6) is 0 Å². The lowest BCUT2D eigenvalue weighted by molar-refractivity contribution is -0.127. The molecule has 2 saturated heterocycles. The Morgan fingerprint density at radius 3 is 2.43 bits per heavy atom. The summed E-state index contributed by atoms with van der Waals surface area (Å²) >= 11 is 0. The smallest absolute Gasteiger partial charge is 0.410 e. The maximum atomic E-state index is 12.9. The average molecular weight is 488 g/mol. The molecule has 1 aromatic carbocycles. The molecule has 2 aliphatic rings. The summed E-state index contributed by atoms with van der Waals surface area (Å²) in [5, 5.41) is 8.07. The molecule has 3 N–H and O–H groups in total. The monoisotopic (exact) mass is 487 g/mol. The predicted molar refractivity (Wildman–Crippen MR) is 132 cm³/mol. The van der Waals surface area contributed by atoms with Gasteiger partial charge in [0.05, 0.1) is 12.5 Å². The molecule has 0 aliphatic carbocycles. The zero-order valence-corrected chi connectivity index (χ0v) is 20.8. The van der Waals surface area contributed by atoms with Gasteiger partial charge in [-0.3, -0.25) is 19.8 Å².